The van der Waals surface area contributed by atoms with Crippen LogP contribution in [0.2, 0.25) is 0 Å². The molecule has 2 fully saturated rings. The first-order valence-electron chi connectivity index (χ1n) is 26.2. The van der Waals surface area contributed by atoms with Gasteiger partial charge in [-0.05, 0) is 46.9 Å². The number of carboxylic acid groups (broad SMARTS) is 1. The van der Waals surface area contributed by atoms with Crippen molar-refractivity contribution in [3.05, 3.63) is 92.7 Å². The van der Waals surface area contributed by atoms with Crippen LogP contribution in [0.25, 0.3) is 20.9 Å². The smallest absolute Gasteiger partial charge is 0.415 e. The first-order chi connectivity index (χ1) is 40.6. The number of carboxylic acids is 1. The lowest BCUT2D eigenvalue weighted by atomic mass is 10.0. The fourth-order valence-electron chi connectivity index (χ4n) is 6.24. The minimum Gasteiger partial charge on any atom is -0.544 e. The van der Waals surface area contributed by atoms with Gasteiger partial charge in [0.1, 0.15) is 37.5 Å². The minimum absolute atomic E-state index is 0.0530. The predicted molar refractivity (Wildman–Crippen MR) is 292 cm³/mol. The molecule has 0 radical (unpaired) electrons. The van der Waals surface area contributed by atoms with E-state index >= 15 is 0 Å². The van der Waals surface area contributed by atoms with Crippen LogP contribution in [-0.4, -0.2) is 160 Å². The molecule has 1 unspecified atom stereocenters. The zero-order chi connectivity index (χ0) is 65.4. The Kier molecular flexibility index (Phi) is 44.6. The van der Waals surface area contributed by atoms with Crippen LogP contribution in [0.5, 0.6) is 0 Å². The highest BCUT2D eigenvalue weighted by molar-refractivity contribution is 5.97. The Morgan fingerprint density at radius 3 is 1.58 bits per heavy atom. The van der Waals surface area contributed by atoms with Crippen molar-refractivity contribution >= 4 is 65.8 Å². The zero-order valence-electron chi connectivity index (χ0n) is 48.6. The van der Waals surface area contributed by atoms with E-state index in [1.54, 1.807) is 0 Å². The number of aliphatic hydroxyl groups excluding tert-OH is 1. The van der Waals surface area contributed by atoms with E-state index in [0.717, 1.165) is 17.7 Å². The van der Waals surface area contributed by atoms with Gasteiger partial charge in [-0.3, -0.25) is 34.1 Å². The van der Waals surface area contributed by atoms with Crippen LogP contribution in [0.15, 0.2) is 70.9 Å². The average Bonchev–Trinajstić information content (AvgIpc) is 4.07. The van der Waals surface area contributed by atoms with Gasteiger partial charge in [0.25, 0.3) is 6.43 Å². The molecule has 0 saturated carbocycles. The largest absolute Gasteiger partial charge is 0.544 e. The molecule has 4 rings (SSSR count). The molecule has 5 atom stereocenters. The van der Waals surface area contributed by atoms with Gasteiger partial charge in [-0.15, -0.1) is 0 Å². The fourth-order valence-corrected chi connectivity index (χ4v) is 6.24. The Morgan fingerprint density at radius 2 is 1.20 bits per heavy atom. The summed E-state index contributed by atoms with van der Waals surface area (Å²) in [5.74, 6) is -6.17. The lowest BCUT2D eigenvalue weighted by molar-refractivity contribution is -0.374. The van der Waals surface area contributed by atoms with Gasteiger partial charge in [0.05, 0.1) is 57.9 Å². The molecule has 0 aliphatic carbocycles. The predicted octanol–water partition coefficient (Wildman–Crippen LogP) is 1.47. The van der Waals surface area contributed by atoms with Crippen molar-refractivity contribution in [2.24, 2.45) is 22.1 Å². The molecule has 478 valence electrons. The molecule has 2 heterocycles. The van der Waals surface area contributed by atoms with E-state index in [9.17, 15) is 61.8 Å². The van der Waals surface area contributed by atoms with E-state index in [0.29, 0.717) is 38.5 Å². The van der Waals surface area contributed by atoms with Gasteiger partial charge >= 0.3 is 48.0 Å². The van der Waals surface area contributed by atoms with E-state index in [1.807, 2.05) is 88.4 Å². The summed E-state index contributed by atoms with van der Waals surface area (Å²) in [4.78, 5) is 125. The molecule has 0 bridgehead atoms. The molecule has 86 heavy (non-hydrogen) atoms. The molecule has 32 nitrogen and oxygen atoms in total. The summed E-state index contributed by atoms with van der Waals surface area (Å²) in [6.07, 6.45) is -5.53. The second-order valence-electron chi connectivity index (χ2n) is 18.2. The van der Waals surface area contributed by atoms with Crippen molar-refractivity contribution in [1.82, 2.24) is 26.6 Å². The molecule has 2 saturated heterocycles. The van der Waals surface area contributed by atoms with Crippen molar-refractivity contribution in [3.8, 4) is 0 Å². The number of cyclic esters (lactones) is 4. The number of aliphatic hydroxyl groups is 1. The van der Waals surface area contributed by atoms with Crippen LogP contribution < -0.4 is 37.4 Å². The quantitative estimate of drug-likeness (QED) is 0.00886. The molecule has 2 aliphatic rings. The topological polar surface area (TPSA) is 481 Å². The monoisotopic (exact) mass is 1230 g/mol. The Labute approximate surface area is 493 Å². The number of ether oxygens (including phenoxy) is 7. The van der Waals surface area contributed by atoms with E-state index < -0.39 is 96.7 Å². The fraction of sp³-hybridized carbons (Fsp3) is 0.558. The summed E-state index contributed by atoms with van der Waals surface area (Å²) in [6, 6.07) is 15.1. The van der Waals surface area contributed by atoms with Crippen LogP contribution >= 0.6 is 0 Å². The van der Waals surface area contributed by atoms with Crippen LogP contribution in [-0.2, 0) is 89.5 Å². The summed E-state index contributed by atoms with van der Waals surface area (Å²) < 4.78 is 54.0. The maximum Gasteiger partial charge on any atom is 0.415 e. The van der Waals surface area contributed by atoms with Crippen molar-refractivity contribution in [3.63, 3.8) is 0 Å². The van der Waals surface area contributed by atoms with Crippen molar-refractivity contribution in [2.45, 2.75) is 124 Å². The number of alkyl carbamates (subject to hydrolysis) is 2. The van der Waals surface area contributed by atoms with Gasteiger partial charge in [-0.2, -0.15) is 0 Å². The third kappa shape index (κ3) is 44.6. The number of benzene rings is 2. The third-order valence-electron chi connectivity index (χ3n) is 9.76. The van der Waals surface area contributed by atoms with E-state index in [2.05, 4.69) is 66.6 Å². The number of azide groups is 2. The highest BCUT2D eigenvalue weighted by Gasteiger charge is 2.35. The molecule has 2 aromatic carbocycles. The summed E-state index contributed by atoms with van der Waals surface area (Å²) in [6.45, 7) is 14.7. The second kappa shape index (κ2) is 48.5. The van der Waals surface area contributed by atoms with Gasteiger partial charge in [0.2, 0.25) is 11.8 Å². The number of esters is 6. The minimum atomic E-state index is -3.34. The molecule has 9 N–H and O–H groups in total. The van der Waals surface area contributed by atoms with Gasteiger partial charge in [0, 0.05) is 50.2 Å². The Bertz CT molecular complexity index is 2500. The highest BCUT2D eigenvalue weighted by Crippen LogP contribution is 2.12. The standard InChI is InChI=1S/C23H36N6O6.C12H11NO5.C7H11NO3.C4H10N4O.C4H6O3.C2H2F2O2/c1-16(2)13-19(27-17(3)30)23(33)28-20(22(32)25-9-11-34-12-10-26-29-24)14-21(31)35-15-18-7-5-4-6-8-18;14-10(6-9-11(15)18-12(16)13-9)17-7-8-4-2-1-3-5-8;1-4(2)3-5-6(9)11-7(10)8-5;5-1-3-9-4-2-7-8-6;1-3(5)7-4(2)6;3-1(4)2(5)6/h4-8,16,19-20,23,28,33H,9-15H2,1-3H3,(H,25,32)(H,27,30);1-5,9H,6-7H2,(H,13,16);4-5H,3H2,1-2H3,(H,8,10);1-5H2;1-2H3;1H,(H,5,6)/t19-,20+,23?;9-;5-;;;/m101.../s1. The van der Waals surface area contributed by atoms with Crippen LogP contribution in [0.1, 0.15) is 85.3 Å². The lowest BCUT2D eigenvalue weighted by Crippen LogP contribution is -2.57. The normalized spacial score (nSPS) is 14.4. The summed E-state index contributed by atoms with van der Waals surface area (Å²) in [7, 11) is 0. The van der Waals surface area contributed by atoms with Gasteiger partial charge in [0.15, 0.2) is 0 Å². The molecular weight excluding hydrogens is 1150 g/mol. The van der Waals surface area contributed by atoms with Crippen LogP contribution in [0.3, 0.4) is 0 Å². The number of hydrogen-bond acceptors (Lipinski definition) is 23. The molecule has 4 amide bonds. The van der Waals surface area contributed by atoms with Crippen LogP contribution in [0, 0.1) is 11.8 Å². The number of nitrogens with one attached hydrogen (secondary N) is 5. The van der Waals surface area contributed by atoms with Crippen molar-refractivity contribution in [2.75, 3.05) is 52.6 Å². The second-order valence-corrected chi connectivity index (χ2v) is 18.2. The number of carbonyl (C=O) groups excluding carboxylic acids is 11. The zero-order valence-corrected chi connectivity index (χ0v) is 48.6. The van der Waals surface area contributed by atoms with Gasteiger partial charge < -0.3 is 75.2 Å². The summed E-state index contributed by atoms with van der Waals surface area (Å²) in [5.41, 5.74) is 21.3. The molecular formula is C52H76F2N12O20. The number of carbonyl (C=O) groups is 11. The Balaban J connectivity index is 0. The van der Waals surface area contributed by atoms with E-state index in [-0.39, 0.29) is 64.2 Å². The molecule has 2 aromatic rings. The van der Waals surface area contributed by atoms with Crippen molar-refractivity contribution < 1.29 is 111 Å². The molecule has 0 spiro atoms. The third-order valence-corrected chi connectivity index (χ3v) is 9.76. The van der Waals surface area contributed by atoms with Crippen molar-refractivity contribution in [1.29, 1.82) is 0 Å². The Hall–Kier alpha value is -8.91. The summed E-state index contributed by atoms with van der Waals surface area (Å²) in [5, 5.41) is 38.9. The summed E-state index contributed by atoms with van der Waals surface area (Å²) >= 11 is 0. The lowest BCUT2D eigenvalue weighted by Gasteiger charge is -2.29. The number of hydrogen-bond donors (Lipinski definition) is 7. The number of amides is 4. The van der Waals surface area contributed by atoms with E-state index in [4.69, 9.17) is 39.9 Å². The number of quaternary nitrogens is 1. The highest BCUT2D eigenvalue weighted by atomic mass is 19.3. The maximum atomic E-state index is 12.8. The first kappa shape index (κ1) is 79.2. The van der Waals surface area contributed by atoms with E-state index in [1.165, 1.54) is 20.8 Å². The number of rotatable bonds is 29. The average molecular weight is 1230 g/mol. The number of nitrogens with zero attached hydrogens (tertiary/aromatic N) is 6. The van der Waals surface area contributed by atoms with Crippen LogP contribution in [0.4, 0.5) is 18.4 Å². The first-order valence-corrected chi connectivity index (χ1v) is 26.2. The molecule has 0 aromatic heterocycles. The number of aliphatic carboxylic acids is 1. The molecule has 34 heteroatoms. The Morgan fingerprint density at radius 1 is 0.733 bits per heavy atom. The van der Waals surface area contributed by atoms with Gasteiger partial charge in [-0.25, -0.2) is 28.0 Å². The molecule has 2 aliphatic heterocycles. The SMILES string of the molecule is CC(=O)N[C@H](CC(C)C)C(O)N[C@@H](CC(=O)OCc1ccccc1)C(=O)NCCOCCN=[N+]=[N-].CC(=O)OC(C)=O.CC(C)C[C@H]1NC(=O)OC1=O.O=C(C[C@@H]1NC(=O)OC1=O)OCc1ccccc1.O=C([O-])C(F)F.[N-]=[N+]=NCCOCC[NH3+]. The maximum absolute atomic E-state index is 12.8. The number of alkyl halides is 2. The number of halogens is 2. The van der Waals surface area contributed by atoms with Gasteiger partial charge in [-0.1, -0.05) is 98.6 Å².